The third-order valence-electron chi connectivity index (χ3n) is 3.68. The van der Waals surface area contributed by atoms with Crippen molar-refractivity contribution < 1.29 is 14.3 Å². The number of rotatable bonds is 5. The molecule has 27 heavy (non-hydrogen) atoms. The summed E-state index contributed by atoms with van der Waals surface area (Å²) >= 11 is 0. The van der Waals surface area contributed by atoms with E-state index in [1.165, 1.54) is 0 Å². The third kappa shape index (κ3) is 4.52. The van der Waals surface area contributed by atoms with Crippen LogP contribution in [0.25, 0.3) is 11.3 Å². The number of carbonyl (C=O) groups excluding carboxylic acids is 2. The van der Waals surface area contributed by atoms with E-state index in [4.69, 9.17) is 4.74 Å². The van der Waals surface area contributed by atoms with E-state index >= 15 is 0 Å². The number of aromatic amines is 1. The minimum absolute atomic E-state index is 0.0741. The van der Waals surface area contributed by atoms with Gasteiger partial charge in [0.05, 0.1) is 17.4 Å². The topological polar surface area (TPSA) is 96.1 Å². The maximum absolute atomic E-state index is 12.4. The molecule has 0 bridgehead atoms. The zero-order chi connectivity index (χ0) is 19.2. The second kappa shape index (κ2) is 8.18. The average Bonchev–Trinajstić information content (AvgIpc) is 3.17. The van der Waals surface area contributed by atoms with E-state index < -0.39 is 11.8 Å². The summed E-state index contributed by atoms with van der Waals surface area (Å²) in [6.45, 7) is 3.75. The molecule has 0 aliphatic rings. The van der Waals surface area contributed by atoms with Crippen LogP contribution in [0, 0.1) is 0 Å². The molecule has 0 saturated heterocycles. The Kier molecular flexibility index (Phi) is 5.51. The van der Waals surface area contributed by atoms with Crippen molar-refractivity contribution in [2.24, 2.45) is 0 Å². The van der Waals surface area contributed by atoms with Crippen LogP contribution >= 0.6 is 0 Å². The Labute approximate surface area is 156 Å². The molecule has 1 heterocycles. The first-order valence-electron chi connectivity index (χ1n) is 8.52. The zero-order valence-corrected chi connectivity index (χ0v) is 15.0. The number of nitrogens with one attached hydrogen (secondary N) is 3. The Morgan fingerprint density at radius 1 is 0.963 bits per heavy atom. The fourth-order valence-corrected chi connectivity index (χ4v) is 2.45. The van der Waals surface area contributed by atoms with Gasteiger partial charge in [-0.3, -0.25) is 25.5 Å². The van der Waals surface area contributed by atoms with Gasteiger partial charge in [0.1, 0.15) is 11.4 Å². The standard InChI is InChI=1S/C20H20N4O3/c1-13(2)27-18-11-7-6-10-15(18)19(25)23-24-20(26)17-12-16(21-22-17)14-8-4-3-5-9-14/h3-13H,1-2H3,(H,21,22)(H,23,25)(H,24,26). The van der Waals surface area contributed by atoms with Gasteiger partial charge in [-0.15, -0.1) is 0 Å². The summed E-state index contributed by atoms with van der Waals surface area (Å²) in [6, 6.07) is 17.9. The van der Waals surface area contributed by atoms with Gasteiger partial charge in [-0.1, -0.05) is 42.5 Å². The van der Waals surface area contributed by atoms with Gasteiger partial charge >= 0.3 is 0 Å². The molecular formula is C20H20N4O3. The molecule has 0 saturated carbocycles. The summed E-state index contributed by atoms with van der Waals surface area (Å²) in [5.74, 6) is -0.519. The Balaban J connectivity index is 1.65. The van der Waals surface area contributed by atoms with Crippen LogP contribution < -0.4 is 15.6 Å². The first-order chi connectivity index (χ1) is 13.0. The van der Waals surface area contributed by atoms with Gasteiger partial charge in [-0.2, -0.15) is 5.10 Å². The Morgan fingerprint density at radius 3 is 2.37 bits per heavy atom. The van der Waals surface area contributed by atoms with Crippen LogP contribution in [0.15, 0.2) is 60.7 Å². The molecule has 138 valence electrons. The lowest BCUT2D eigenvalue weighted by Crippen LogP contribution is -2.42. The van der Waals surface area contributed by atoms with Crippen molar-refractivity contribution in [3.63, 3.8) is 0 Å². The molecule has 3 rings (SSSR count). The number of amides is 2. The molecule has 0 atom stereocenters. The molecule has 2 amide bonds. The van der Waals surface area contributed by atoms with E-state index in [2.05, 4.69) is 21.0 Å². The molecule has 2 aromatic carbocycles. The molecule has 0 unspecified atom stereocenters. The lowest BCUT2D eigenvalue weighted by molar-refractivity contribution is 0.0840. The number of carbonyl (C=O) groups is 2. The monoisotopic (exact) mass is 364 g/mol. The van der Waals surface area contributed by atoms with Gasteiger partial charge in [0.2, 0.25) is 0 Å². The molecule has 7 heteroatoms. The number of hydrazine groups is 1. The van der Waals surface area contributed by atoms with Crippen LogP contribution in [-0.4, -0.2) is 28.1 Å². The summed E-state index contributed by atoms with van der Waals surface area (Å²) in [4.78, 5) is 24.6. The maximum Gasteiger partial charge on any atom is 0.287 e. The van der Waals surface area contributed by atoms with E-state index in [1.54, 1.807) is 30.3 Å². The molecule has 3 aromatic rings. The zero-order valence-electron chi connectivity index (χ0n) is 15.0. The lowest BCUT2D eigenvalue weighted by Gasteiger charge is -2.14. The van der Waals surface area contributed by atoms with Crippen LogP contribution in [0.3, 0.4) is 0 Å². The number of para-hydroxylation sites is 1. The number of H-pyrrole nitrogens is 1. The fraction of sp³-hybridized carbons (Fsp3) is 0.150. The highest BCUT2D eigenvalue weighted by molar-refractivity contribution is 6.00. The summed E-state index contributed by atoms with van der Waals surface area (Å²) in [5, 5.41) is 6.79. The van der Waals surface area contributed by atoms with E-state index in [-0.39, 0.29) is 11.8 Å². The van der Waals surface area contributed by atoms with E-state index in [9.17, 15) is 9.59 Å². The number of hydrogen-bond donors (Lipinski definition) is 3. The molecule has 3 N–H and O–H groups in total. The van der Waals surface area contributed by atoms with E-state index in [1.807, 2.05) is 44.2 Å². The van der Waals surface area contributed by atoms with Gasteiger partial charge in [0.25, 0.3) is 11.8 Å². The van der Waals surface area contributed by atoms with Gasteiger partial charge in [-0.05, 0) is 32.0 Å². The van der Waals surface area contributed by atoms with Crippen molar-refractivity contribution >= 4 is 11.8 Å². The third-order valence-corrected chi connectivity index (χ3v) is 3.68. The molecule has 7 nitrogen and oxygen atoms in total. The number of aromatic nitrogens is 2. The lowest BCUT2D eigenvalue weighted by atomic mass is 10.1. The van der Waals surface area contributed by atoms with Crippen molar-refractivity contribution in [1.82, 2.24) is 21.0 Å². The van der Waals surface area contributed by atoms with Gasteiger partial charge in [-0.25, -0.2) is 0 Å². The Bertz CT molecular complexity index is 935. The Morgan fingerprint density at radius 2 is 1.63 bits per heavy atom. The average molecular weight is 364 g/mol. The molecule has 0 aliphatic heterocycles. The highest BCUT2D eigenvalue weighted by atomic mass is 16.5. The summed E-state index contributed by atoms with van der Waals surface area (Å²) in [7, 11) is 0. The summed E-state index contributed by atoms with van der Waals surface area (Å²) in [6.07, 6.45) is -0.0741. The highest BCUT2D eigenvalue weighted by Gasteiger charge is 2.15. The number of nitrogens with zero attached hydrogens (tertiary/aromatic N) is 1. The van der Waals surface area contributed by atoms with Crippen molar-refractivity contribution in [3.05, 3.63) is 71.9 Å². The number of ether oxygens (including phenoxy) is 1. The van der Waals surface area contributed by atoms with E-state index in [0.29, 0.717) is 17.0 Å². The molecular weight excluding hydrogens is 344 g/mol. The normalized spacial score (nSPS) is 10.5. The fourth-order valence-electron chi connectivity index (χ4n) is 2.45. The second-order valence-electron chi connectivity index (χ2n) is 6.10. The molecule has 0 aliphatic carbocycles. The van der Waals surface area contributed by atoms with Crippen molar-refractivity contribution in [2.75, 3.05) is 0 Å². The Hall–Kier alpha value is -3.61. The smallest absolute Gasteiger partial charge is 0.287 e. The second-order valence-corrected chi connectivity index (χ2v) is 6.10. The minimum Gasteiger partial charge on any atom is -0.490 e. The van der Waals surface area contributed by atoms with Crippen LogP contribution in [0.1, 0.15) is 34.7 Å². The van der Waals surface area contributed by atoms with Gasteiger partial charge in [0, 0.05) is 5.56 Å². The minimum atomic E-state index is -0.500. The maximum atomic E-state index is 12.4. The predicted octanol–water partition coefficient (Wildman–Crippen LogP) is 2.94. The highest BCUT2D eigenvalue weighted by Crippen LogP contribution is 2.19. The molecule has 0 spiro atoms. The predicted molar refractivity (Wildman–Crippen MR) is 101 cm³/mol. The van der Waals surface area contributed by atoms with Gasteiger partial charge < -0.3 is 4.74 Å². The number of benzene rings is 2. The van der Waals surface area contributed by atoms with Crippen molar-refractivity contribution in [1.29, 1.82) is 0 Å². The first kappa shape index (κ1) is 18.2. The SMILES string of the molecule is CC(C)Oc1ccccc1C(=O)NNC(=O)c1cc(-c2ccccc2)n[nH]1. The van der Waals surface area contributed by atoms with Crippen LogP contribution in [0.2, 0.25) is 0 Å². The summed E-state index contributed by atoms with van der Waals surface area (Å²) in [5.41, 5.74) is 6.87. The summed E-state index contributed by atoms with van der Waals surface area (Å²) < 4.78 is 5.62. The van der Waals surface area contributed by atoms with Crippen LogP contribution in [0.4, 0.5) is 0 Å². The van der Waals surface area contributed by atoms with Crippen LogP contribution in [0.5, 0.6) is 5.75 Å². The number of hydrogen-bond acceptors (Lipinski definition) is 4. The van der Waals surface area contributed by atoms with E-state index in [0.717, 1.165) is 5.56 Å². The molecule has 0 fully saturated rings. The largest absolute Gasteiger partial charge is 0.490 e. The van der Waals surface area contributed by atoms with Gasteiger partial charge in [0.15, 0.2) is 0 Å². The molecule has 1 aromatic heterocycles. The first-order valence-corrected chi connectivity index (χ1v) is 8.52. The molecule has 0 radical (unpaired) electrons. The van der Waals surface area contributed by atoms with Crippen LogP contribution in [-0.2, 0) is 0 Å². The quantitative estimate of drug-likeness (QED) is 0.607. The van der Waals surface area contributed by atoms with Crippen molar-refractivity contribution in [3.8, 4) is 17.0 Å². The van der Waals surface area contributed by atoms with Crippen molar-refractivity contribution in [2.45, 2.75) is 20.0 Å².